The summed E-state index contributed by atoms with van der Waals surface area (Å²) in [5, 5.41) is 2.07. The smallest absolute Gasteiger partial charge is 0.420 e. The maximum absolute atomic E-state index is 13.2. The Morgan fingerprint density at radius 3 is 2.75 bits per heavy atom. The summed E-state index contributed by atoms with van der Waals surface area (Å²) in [5.41, 5.74) is 0.861. The SMILES string of the molecule is CCc1cn2cc(-c3ccoc3)cc(C(F)(F)F)c2n1.O=CN1CCCC1c1cccs1. The minimum absolute atomic E-state index is 0.0680. The van der Waals surface area contributed by atoms with Crippen molar-refractivity contribution >= 4 is 23.4 Å². The predicted molar refractivity (Wildman–Crippen MR) is 116 cm³/mol. The van der Waals surface area contributed by atoms with Crippen molar-refractivity contribution in [2.24, 2.45) is 0 Å². The van der Waals surface area contributed by atoms with Crippen LogP contribution in [0.5, 0.6) is 0 Å². The number of thiophene rings is 1. The van der Waals surface area contributed by atoms with Crippen LogP contribution < -0.4 is 0 Å². The first-order valence-electron chi connectivity index (χ1n) is 10.3. The Labute approximate surface area is 187 Å². The Bertz CT molecular complexity index is 1170. The number of furan rings is 1. The molecule has 1 unspecified atom stereocenters. The molecule has 5 nitrogen and oxygen atoms in total. The molecule has 4 aromatic heterocycles. The van der Waals surface area contributed by atoms with E-state index in [0.717, 1.165) is 31.9 Å². The van der Waals surface area contributed by atoms with Crippen molar-refractivity contribution < 1.29 is 22.4 Å². The van der Waals surface area contributed by atoms with Gasteiger partial charge in [-0.05, 0) is 42.8 Å². The minimum Gasteiger partial charge on any atom is -0.472 e. The normalized spacial score (nSPS) is 16.2. The molecule has 5 heterocycles. The topological polar surface area (TPSA) is 50.8 Å². The van der Waals surface area contributed by atoms with Crippen LogP contribution in [-0.4, -0.2) is 27.2 Å². The van der Waals surface area contributed by atoms with E-state index in [1.165, 1.54) is 21.8 Å². The van der Waals surface area contributed by atoms with Gasteiger partial charge in [-0.1, -0.05) is 13.0 Å². The Hall–Kier alpha value is -3.07. The van der Waals surface area contributed by atoms with Crippen LogP contribution in [0.3, 0.4) is 0 Å². The quantitative estimate of drug-likeness (QED) is 0.339. The highest BCUT2D eigenvalue weighted by Gasteiger charge is 2.34. The second-order valence-electron chi connectivity index (χ2n) is 7.49. The molecule has 1 aliphatic heterocycles. The van der Waals surface area contributed by atoms with Crippen LogP contribution in [0.15, 0.2) is 59.0 Å². The number of rotatable bonds is 4. The number of hydrogen-bond donors (Lipinski definition) is 0. The fraction of sp³-hybridized carbons (Fsp3) is 0.304. The maximum Gasteiger partial charge on any atom is 0.420 e. The number of fused-ring (bicyclic) bond motifs is 1. The minimum atomic E-state index is -4.45. The zero-order valence-corrected chi connectivity index (χ0v) is 18.2. The maximum atomic E-state index is 13.2. The molecule has 1 atom stereocenters. The molecule has 5 rings (SSSR count). The molecule has 32 heavy (non-hydrogen) atoms. The van der Waals surface area contributed by atoms with E-state index < -0.39 is 11.7 Å². The molecule has 0 spiro atoms. The second-order valence-corrected chi connectivity index (χ2v) is 8.46. The van der Waals surface area contributed by atoms with E-state index in [-0.39, 0.29) is 5.65 Å². The van der Waals surface area contributed by atoms with Crippen LogP contribution in [-0.2, 0) is 17.4 Å². The van der Waals surface area contributed by atoms with Gasteiger partial charge < -0.3 is 13.7 Å². The van der Waals surface area contributed by atoms with Gasteiger partial charge in [-0.2, -0.15) is 13.2 Å². The number of hydrogen-bond acceptors (Lipinski definition) is 4. The molecule has 168 valence electrons. The van der Waals surface area contributed by atoms with E-state index in [0.29, 0.717) is 29.3 Å². The first-order chi connectivity index (χ1) is 15.4. The highest BCUT2D eigenvalue weighted by Crippen LogP contribution is 2.35. The van der Waals surface area contributed by atoms with Crippen molar-refractivity contribution in [1.29, 1.82) is 0 Å². The van der Waals surface area contributed by atoms with Gasteiger partial charge in [0, 0.05) is 34.9 Å². The van der Waals surface area contributed by atoms with Crippen molar-refractivity contribution in [3.8, 4) is 11.1 Å². The molecule has 0 aliphatic carbocycles. The summed E-state index contributed by atoms with van der Waals surface area (Å²) < 4.78 is 45.9. The average Bonchev–Trinajstić information content (AvgIpc) is 3.57. The molecular formula is C23H22F3N3O2S. The molecule has 0 N–H and O–H groups in total. The molecule has 4 aromatic rings. The lowest BCUT2D eigenvalue weighted by Crippen LogP contribution is -2.20. The van der Waals surface area contributed by atoms with Gasteiger partial charge in [0.05, 0.1) is 29.8 Å². The van der Waals surface area contributed by atoms with E-state index >= 15 is 0 Å². The van der Waals surface area contributed by atoms with Crippen LogP contribution in [0, 0.1) is 0 Å². The fourth-order valence-corrected chi connectivity index (χ4v) is 4.70. The third kappa shape index (κ3) is 4.57. The van der Waals surface area contributed by atoms with Crippen LogP contribution in [0.2, 0.25) is 0 Å². The molecule has 0 radical (unpaired) electrons. The monoisotopic (exact) mass is 461 g/mol. The van der Waals surface area contributed by atoms with E-state index in [4.69, 9.17) is 4.42 Å². The molecule has 1 fully saturated rings. The number of aromatic nitrogens is 2. The van der Waals surface area contributed by atoms with Gasteiger partial charge in [-0.25, -0.2) is 4.98 Å². The summed E-state index contributed by atoms with van der Waals surface area (Å²) in [5.74, 6) is 0. The number of alkyl halides is 3. The van der Waals surface area contributed by atoms with Crippen molar-refractivity contribution in [1.82, 2.24) is 14.3 Å². The fourth-order valence-electron chi connectivity index (χ4n) is 3.82. The summed E-state index contributed by atoms with van der Waals surface area (Å²) in [6, 6.07) is 7.24. The molecule has 1 saturated heterocycles. The van der Waals surface area contributed by atoms with Crippen molar-refractivity contribution in [3.05, 3.63) is 70.7 Å². The number of pyridine rings is 1. The van der Waals surface area contributed by atoms with E-state index in [2.05, 4.69) is 16.4 Å². The average molecular weight is 462 g/mol. The van der Waals surface area contributed by atoms with Crippen LogP contribution in [0.4, 0.5) is 13.2 Å². The summed E-state index contributed by atoms with van der Waals surface area (Å²) >= 11 is 1.74. The summed E-state index contributed by atoms with van der Waals surface area (Å²) in [6.07, 6.45) is 5.46. The molecule has 1 aliphatic rings. The summed E-state index contributed by atoms with van der Waals surface area (Å²) in [7, 11) is 0. The molecule has 0 saturated carbocycles. The Morgan fingerprint density at radius 1 is 1.28 bits per heavy atom. The first kappa shape index (κ1) is 22.1. The Morgan fingerprint density at radius 2 is 2.12 bits per heavy atom. The van der Waals surface area contributed by atoms with Gasteiger partial charge in [0.15, 0.2) is 0 Å². The summed E-state index contributed by atoms with van der Waals surface area (Å²) in [6.45, 7) is 2.78. The van der Waals surface area contributed by atoms with E-state index in [9.17, 15) is 18.0 Å². The Balaban J connectivity index is 0.000000174. The predicted octanol–water partition coefficient (Wildman–Crippen LogP) is 6.22. The van der Waals surface area contributed by atoms with Crippen molar-refractivity contribution in [2.75, 3.05) is 6.54 Å². The number of halogens is 3. The standard InChI is InChI=1S/C14H11F3N2O.C9H11NOS/c1-2-11-7-19-6-10(9-3-4-20-8-9)5-12(13(19)18-11)14(15,16)17;11-7-10-5-1-3-8(10)9-4-2-6-12-9/h3-8H,2H2,1H3;2,4,6-8H,1,3,5H2. The number of imidazole rings is 1. The van der Waals surface area contributed by atoms with Gasteiger partial charge in [0.25, 0.3) is 0 Å². The molecular weight excluding hydrogens is 439 g/mol. The van der Waals surface area contributed by atoms with E-state index in [1.807, 2.05) is 17.9 Å². The number of likely N-dealkylation sites (tertiary alicyclic amines) is 1. The molecule has 1 amide bonds. The number of carbonyl (C=O) groups excluding carboxylic acids is 1. The highest BCUT2D eigenvalue weighted by molar-refractivity contribution is 7.10. The zero-order chi connectivity index (χ0) is 22.7. The largest absolute Gasteiger partial charge is 0.472 e. The van der Waals surface area contributed by atoms with Gasteiger partial charge >= 0.3 is 6.18 Å². The number of aryl methyl sites for hydroxylation is 1. The van der Waals surface area contributed by atoms with Gasteiger partial charge in [0.2, 0.25) is 6.41 Å². The van der Waals surface area contributed by atoms with Crippen LogP contribution in [0.25, 0.3) is 16.8 Å². The van der Waals surface area contributed by atoms with Gasteiger partial charge in [-0.3, -0.25) is 4.79 Å². The lowest BCUT2D eigenvalue weighted by molar-refractivity contribution is -0.136. The third-order valence-electron chi connectivity index (χ3n) is 5.42. The van der Waals surface area contributed by atoms with Crippen molar-refractivity contribution in [3.63, 3.8) is 0 Å². The lowest BCUT2D eigenvalue weighted by Gasteiger charge is -2.17. The Kier molecular flexibility index (Phi) is 6.36. The van der Waals surface area contributed by atoms with E-state index in [1.54, 1.807) is 29.8 Å². The van der Waals surface area contributed by atoms with Gasteiger partial charge in [-0.15, -0.1) is 11.3 Å². The van der Waals surface area contributed by atoms with Gasteiger partial charge in [0.1, 0.15) is 5.65 Å². The molecule has 9 heteroatoms. The number of nitrogens with zero attached hydrogens (tertiary/aromatic N) is 3. The zero-order valence-electron chi connectivity index (χ0n) is 17.4. The summed E-state index contributed by atoms with van der Waals surface area (Å²) in [4.78, 5) is 17.9. The van der Waals surface area contributed by atoms with Crippen molar-refractivity contribution in [2.45, 2.75) is 38.4 Å². The molecule has 0 aromatic carbocycles. The first-order valence-corrected chi connectivity index (χ1v) is 11.1. The lowest BCUT2D eigenvalue weighted by atomic mass is 10.1. The highest BCUT2D eigenvalue weighted by atomic mass is 32.1. The number of amides is 1. The van der Waals surface area contributed by atoms with Crippen LogP contribution in [0.1, 0.15) is 41.9 Å². The second kappa shape index (κ2) is 9.20. The molecule has 0 bridgehead atoms. The third-order valence-corrected chi connectivity index (χ3v) is 6.40. The number of carbonyl (C=O) groups is 1. The van der Waals surface area contributed by atoms with Crippen LogP contribution >= 0.6 is 11.3 Å².